The van der Waals surface area contributed by atoms with Gasteiger partial charge in [0.05, 0.1) is 0 Å². The van der Waals surface area contributed by atoms with Crippen LogP contribution in [0.15, 0.2) is 48.5 Å². The van der Waals surface area contributed by atoms with Crippen molar-refractivity contribution >= 4 is 23.7 Å². The molecule has 8 heteroatoms. The first-order valence-corrected chi connectivity index (χ1v) is 12.2. The van der Waals surface area contributed by atoms with Crippen molar-refractivity contribution in [2.45, 2.75) is 45.6 Å². The zero-order valence-corrected chi connectivity index (χ0v) is 20.6. The Morgan fingerprint density at radius 3 is 2.24 bits per heavy atom. The monoisotopic (exact) mass is 495 g/mol. The van der Waals surface area contributed by atoms with Crippen LogP contribution in [0.1, 0.15) is 38.2 Å². The number of halogens is 3. The van der Waals surface area contributed by atoms with Crippen molar-refractivity contribution in [2.75, 3.05) is 37.6 Å². The van der Waals surface area contributed by atoms with Crippen LogP contribution in [0.3, 0.4) is 0 Å². The first-order chi connectivity index (χ1) is 16.4. The zero-order chi connectivity index (χ0) is 24.8. The van der Waals surface area contributed by atoms with Crippen LogP contribution in [-0.2, 0) is 11.2 Å². The summed E-state index contributed by atoms with van der Waals surface area (Å²) < 4.78 is 28.3. The van der Waals surface area contributed by atoms with E-state index in [0.717, 1.165) is 30.3 Å². The second-order valence-electron chi connectivity index (χ2n) is 8.63. The second kappa shape index (κ2) is 15.5. The Morgan fingerprint density at radius 1 is 1.09 bits per heavy atom. The largest absolute Gasteiger partial charge is 0.435 e. The van der Waals surface area contributed by atoms with E-state index >= 15 is 0 Å². The van der Waals surface area contributed by atoms with E-state index in [1.807, 2.05) is 24.3 Å². The van der Waals surface area contributed by atoms with Crippen molar-refractivity contribution in [3.8, 4) is 5.75 Å². The number of anilines is 1. The van der Waals surface area contributed by atoms with Gasteiger partial charge in [-0.15, -0.1) is 0 Å². The Balaban J connectivity index is 0.000000224. The lowest BCUT2D eigenvalue weighted by molar-refractivity contribution is -0.106. The number of nitrogens with zero attached hydrogens (tertiary/aromatic N) is 2. The van der Waals surface area contributed by atoms with Gasteiger partial charge in [0.15, 0.2) is 0 Å². The molecule has 0 unspecified atom stereocenters. The summed E-state index contributed by atoms with van der Waals surface area (Å²) in [5.41, 5.74) is 6.64. The van der Waals surface area contributed by atoms with Crippen LogP contribution in [-0.4, -0.2) is 50.6 Å². The first-order valence-electron chi connectivity index (χ1n) is 11.8. The fraction of sp³-hybridized carbons (Fsp3) is 0.500. The summed E-state index contributed by atoms with van der Waals surface area (Å²) in [5, 5.41) is 0.816. The molecule has 2 fully saturated rings. The molecule has 34 heavy (non-hydrogen) atoms. The van der Waals surface area contributed by atoms with E-state index in [2.05, 4.69) is 39.3 Å². The number of carbonyl (C=O) groups excluding carboxylic acids is 1. The predicted octanol–water partition coefficient (Wildman–Crippen LogP) is 5.60. The lowest BCUT2D eigenvalue weighted by Gasteiger charge is -2.17. The number of hydrogen-bond acceptors (Lipinski definition) is 4. The summed E-state index contributed by atoms with van der Waals surface area (Å²) in [5.74, 6) is 1.06. The molecule has 0 radical (unpaired) electrons. The highest BCUT2D eigenvalue weighted by Gasteiger charge is 2.18. The molecular formula is C26H36ClF2N3O2. The highest BCUT2D eigenvalue weighted by Crippen LogP contribution is 2.24. The standard InChI is InChI=1S/C14H19F2NO.C11H14ClN.CH3NO/c15-14(16)18-13-7-5-12(6-8-13)4-3-11-17-9-1-2-10-17;1-9-6-7-13(8-9)11-4-2-10(12)3-5-11;2-1-3/h5-8,14H,1-4,9-11H2;2-5,9H,6-8H2,1H3;1H,(H2,2,3)/t;9-;/m.1./s1. The number of benzene rings is 2. The maximum absolute atomic E-state index is 12.0. The number of nitrogens with two attached hydrogens (primary N) is 1. The highest BCUT2D eigenvalue weighted by atomic mass is 35.5. The summed E-state index contributed by atoms with van der Waals surface area (Å²) in [6.07, 6.45) is 6.31. The van der Waals surface area contributed by atoms with Gasteiger partial charge in [-0.1, -0.05) is 30.7 Å². The van der Waals surface area contributed by atoms with E-state index in [1.54, 1.807) is 12.1 Å². The fourth-order valence-corrected chi connectivity index (χ4v) is 4.30. The molecule has 0 aromatic heterocycles. The molecule has 2 aromatic rings. The van der Waals surface area contributed by atoms with Gasteiger partial charge in [0.25, 0.3) is 0 Å². The van der Waals surface area contributed by atoms with Gasteiger partial charge in [0.1, 0.15) is 5.75 Å². The van der Waals surface area contributed by atoms with Gasteiger partial charge < -0.3 is 20.3 Å². The highest BCUT2D eigenvalue weighted by molar-refractivity contribution is 6.30. The Morgan fingerprint density at radius 2 is 1.71 bits per heavy atom. The number of aryl methyl sites for hydroxylation is 1. The average molecular weight is 496 g/mol. The van der Waals surface area contributed by atoms with Crippen molar-refractivity contribution in [3.05, 3.63) is 59.1 Å². The Bertz CT molecular complexity index is 816. The Labute approximate surface area is 206 Å². The van der Waals surface area contributed by atoms with E-state index in [0.29, 0.717) is 0 Å². The minimum atomic E-state index is -2.74. The topological polar surface area (TPSA) is 58.8 Å². The molecule has 2 N–H and O–H groups in total. The third-order valence-electron chi connectivity index (χ3n) is 5.90. The van der Waals surface area contributed by atoms with Crippen molar-refractivity contribution in [1.82, 2.24) is 4.90 Å². The van der Waals surface area contributed by atoms with E-state index in [1.165, 1.54) is 56.7 Å². The molecule has 0 aliphatic carbocycles. The molecule has 2 aromatic carbocycles. The third-order valence-corrected chi connectivity index (χ3v) is 6.15. The number of ether oxygens (including phenoxy) is 1. The van der Waals surface area contributed by atoms with Gasteiger partial charge >= 0.3 is 6.61 Å². The van der Waals surface area contributed by atoms with Gasteiger partial charge in [-0.3, -0.25) is 4.79 Å². The number of hydrogen-bond donors (Lipinski definition) is 1. The predicted molar refractivity (Wildman–Crippen MR) is 135 cm³/mol. The summed E-state index contributed by atoms with van der Waals surface area (Å²) in [6, 6.07) is 15.1. The van der Waals surface area contributed by atoms with Crippen LogP contribution in [0.5, 0.6) is 5.75 Å². The molecule has 2 heterocycles. The quantitative estimate of drug-likeness (QED) is 0.508. The number of carbonyl (C=O) groups is 1. The molecule has 4 rings (SSSR count). The van der Waals surface area contributed by atoms with Crippen molar-refractivity contribution in [1.29, 1.82) is 0 Å². The van der Waals surface area contributed by atoms with E-state index in [-0.39, 0.29) is 12.2 Å². The molecular weight excluding hydrogens is 460 g/mol. The van der Waals surface area contributed by atoms with E-state index in [9.17, 15) is 8.78 Å². The van der Waals surface area contributed by atoms with Crippen LogP contribution in [0.25, 0.3) is 0 Å². The smallest absolute Gasteiger partial charge is 0.387 e. The number of amides is 1. The number of likely N-dealkylation sites (tertiary alicyclic amines) is 1. The summed E-state index contributed by atoms with van der Waals surface area (Å²) in [4.78, 5) is 13.5. The van der Waals surface area contributed by atoms with E-state index in [4.69, 9.17) is 16.4 Å². The number of alkyl halides is 2. The molecule has 1 atom stereocenters. The van der Waals surface area contributed by atoms with Crippen LogP contribution in [0, 0.1) is 5.92 Å². The minimum absolute atomic E-state index is 0.230. The molecule has 2 aliphatic rings. The average Bonchev–Trinajstić information content (AvgIpc) is 3.48. The second-order valence-corrected chi connectivity index (χ2v) is 9.06. The fourth-order valence-electron chi connectivity index (χ4n) is 4.17. The first kappa shape index (κ1) is 27.9. The van der Waals surface area contributed by atoms with Crippen molar-refractivity contribution in [3.63, 3.8) is 0 Å². The molecule has 188 valence electrons. The molecule has 0 saturated carbocycles. The van der Waals surface area contributed by atoms with E-state index < -0.39 is 6.61 Å². The van der Waals surface area contributed by atoms with Gasteiger partial charge in [0, 0.05) is 23.8 Å². The summed E-state index contributed by atoms with van der Waals surface area (Å²) in [7, 11) is 0. The maximum atomic E-state index is 12.0. The van der Waals surface area contributed by atoms with Crippen LogP contribution >= 0.6 is 11.6 Å². The van der Waals surface area contributed by atoms with Crippen LogP contribution in [0.2, 0.25) is 5.02 Å². The SMILES string of the molecule is C[C@@H]1CCN(c2ccc(Cl)cc2)C1.FC(F)Oc1ccc(CCCN2CCCC2)cc1.NC=O. The molecule has 1 amide bonds. The number of rotatable bonds is 7. The molecule has 2 saturated heterocycles. The third kappa shape index (κ3) is 10.7. The zero-order valence-electron chi connectivity index (χ0n) is 19.8. The van der Waals surface area contributed by atoms with Crippen LogP contribution in [0.4, 0.5) is 14.5 Å². The summed E-state index contributed by atoms with van der Waals surface area (Å²) in [6.45, 7) is 5.50. The van der Waals surface area contributed by atoms with Crippen LogP contribution < -0.4 is 15.4 Å². The molecule has 5 nitrogen and oxygen atoms in total. The molecule has 0 spiro atoms. The lowest BCUT2D eigenvalue weighted by Crippen LogP contribution is -2.20. The van der Waals surface area contributed by atoms with Crippen molar-refractivity contribution in [2.24, 2.45) is 11.7 Å². The van der Waals surface area contributed by atoms with Crippen molar-refractivity contribution < 1.29 is 18.3 Å². The summed E-state index contributed by atoms with van der Waals surface area (Å²) >= 11 is 5.83. The van der Waals surface area contributed by atoms with Gasteiger partial charge in [-0.05, 0) is 99.6 Å². The molecule has 0 bridgehead atoms. The number of primary amides is 1. The maximum Gasteiger partial charge on any atom is 0.387 e. The van der Waals surface area contributed by atoms with Gasteiger partial charge in [-0.25, -0.2) is 0 Å². The minimum Gasteiger partial charge on any atom is -0.435 e. The Kier molecular flexibility index (Phi) is 12.7. The van der Waals surface area contributed by atoms with Gasteiger partial charge in [-0.2, -0.15) is 8.78 Å². The van der Waals surface area contributed by atoms with Gasteiger partial charge in [0.2, 0.25) is 6.41 Å². The lowest BCUT2D eigenvalue weighted by atomic mass is 10.1. The Hall–Kier alpha value is -2.38. The molecule has 2 aliphatic heterocycles. The normalized spacial score (nSPS) is 17.6.